The van der Waals surface area contributed by atoms with Crippen LogP contribution < -0.4 is 0 Å². The number of carbonyl (C=O) groups is 2. The normalized spacial score (nSPS) is 15.9. The molecule has 7 nitrogen and oxygen atoms in total. The fourth-order valence-electron chi connectivity index (χ4n) is 2.70. The third-order valence-corrected chi connectivity index (χ3v) is 5.96. The van der Waals surface area contributed by atoms with Crippen molar-refractivity contribution in [2.24, 2.45) is 0 Å². The summed E-state index contributed by atoms with van der Waals surface area (Å²) < 4.78 is 26.6. The van der Waals surface area contributed by atoms with E-state index in [9.17, 15) is 18.0 Å². The topological polar surface area (TPSA) is 95.0 Å². The van der Waals surface area contributed by atoms with E-state index in [0.29, 0.717) is 13.1 Å². The van der Waals surface area contributed by atoms with Crippen LogP contribution in [0.1, 0.15) is 36.5 Å². The van der Waals surface area contributed by atoms with Crippen LogP contribution in [0.4, 0.5) is 0 Å². The van der Waals surface area contributed by atoms with Gasteiger partial charge in [0.05, 0.1) is 4.90 Å². The molecule has 2 rings (SSSR count). The summed E-state index contributed by atoms with van der Waals surface area (Å²) in [6, 6.07) is 5.69. The van der Waals surface area contributed by atoms with E-state index >= 15 is 0 Å². The van der Waals surface area contributed by atoms with Crippen molar-refractivity contribution in [2.45, 2.75) is 31.1 Å². The van der Waals surface area contributed by atoms with E-state index in [0.717, 1.165) is 19.3 Å². The maximum absolute atomic E-state index is 12.6. The van der Waals surface area contributed by atoms with Crippen LogP contribution in [0.15, 0.2) is 29.2 Å². The Labute approximate surface area is 141 Å². The molecule has 0 atom stereocenters. The summed E-state index contributed by atoms with van der Waals surface area (Å²) in [7, 11) is -3.53. The third kappa shape index (κ3) is 4.12. The summed E-state index contributed by atoms with van der Waals surface area (Å²) >= 11 is 0. The van der Waals surface area contributed by atoms with Gasteiger partial charge in [-0.25, -0.2) is 8.42 Å². The van der Waals surface area contributed by atoms with Crippen molar-refractivity contribution in [3.05, 3.63) is 29.8 Å². The molecule has 1 aliphatic heterocycles. The predicted octanol–water partition coefficient (Wildman–Crippen LogP) is 1.41. The zero-order chi connectivity index (χ0) is 17.7. The molecule has 1 aromatic rings. The minimum atomic E-state index is -3.53. The number of likely N-dealkylation sites (N-methyl/N-ethyl adjacent to an activating group) is 1. The predicted molar refractivity (Wildman–Crippen MR) is 88.3 cm³/mol. The molecule has 0 radical (unpaired) electrons. The summed E-state index contributed by atoms with van der Waals surface area (Å²) in [5.74, 6) is -1.52. The van der Waals surface area contributed by atoms with Crippen molar-refractivity contribution in [2.75, 3.05) is 26.2 Å². The molecule has 1 aromatic carbocycles. The fraction of sp³-hybridized carbons (Fsp3) is 0.500. The van der Waals surface area contributed by atoms with Crippen molar-refractivity contribution in [3.8, 4) is 0 Å². The smallest absolute Gasteiger partial charge is 0.323 e. The summed E-state index contributed by atoms with van der Waals surface area (Å²) in [5, 5.41) is 8.83. The molecular formula is C16H22N2O5S. The van der Waals surface area contributed by atoms with Crippen molar-refractivity contribution < 1.29 is 23.1 Å². The SMILES string of the molecule is CCN(CC(=O)O)C(=O)c1ccc(S(=O)(=O)N2CCCCC2)cc1. The van der Waals surface area contributed by atoms with Gasteiger partial charge in [-0.05, 0) is 44.0 Å². The summed E-state index contributed by atoms with van der Waals surface area (Å²) in [4.78, 5) is 24.4. The molecular weight excluding hydrogens is 332 g/mol. The van der Waals surface area contributed by atoms with E-state index in [1.54, 1.807) is 6.92 Å². The number of nitrogens with zero attached hydrogens (tertiary/aromatic N) is 2. The summed E-state index contributed by atoms with van der Waals surface area (Å²) in [5.41, 5.74) is 0.274. The number of carboxylic acids is 1. The Kier molecular flexibility index (Phi) is 5.95. The van der Waals surface area contributed by atoms with Crippen LogP contribution in [-0.4, -0.2) is 60.8 Å². The third-order valence-electron chi connectivity index (χ3n) is 4.05. The lowest BCUT2D eigenvalue weighted by atomic mass is 10.2. The fourth-order valence-corrected chi connectivity index (χ4v) is 4.21. The number of carboxylic acid groups (broad SMARTS) is 1. The first-order valence-electron chi connectivity index (χ1n) is 7.97. The van der Waals surface area contributed by atoms with E-state index in [4.69, 9.17) is 5.11 Å². The molecule has 1 amide bonds. The van der Waals surface area contributed by atoms with E-state index in [1.807, 2.05) is 0 Å². The van der Waals surface area contributed by atoms with Gasteiger partial charge in [-0.1, -0.05) is 6.42 Å². The highest BCUT2D eigenvalue weighted by molar-refractivity contribution is 7.89. The molecule has 0 bridgehead atoms. The van der Waals surface area contributed by atoms with Gasteiger partial charge in [-0.3, -0.25) is 9.59 Å². The van der Waals surface area contributed by atoms with Crippen LogP contribution in [0.2, 0.25) is 0 Å². The Morgan fingerprint density at radius 2 is 1.71 bits per heavy atom. The average molecular weight is 354 g/mol. The monoisotopic (exact) mass is 354 g/mol. The van der Waals surface area contributed by atoms with Crippen molar-refractivity contribution in [1.29, 1.82) is 0 Å². The Morgan fingerprint density at radius 1 is 1.12 bits per heavy atom. The highest BCUT2D eigenvalue weighted by atomic mass is 32.2. The van der Waals surface area contributed by atoms with E-state index < -0.39 is 21.9 Å². The summed E-state index contributed by atoms with van der Waals surface area (Å²) in [6.45, 7) is 2.61. The van der Waals surface area contributed by atoms with Crippen molar-refractivity contribution >= 4 is 21.9 Å². The molecule has 24 heavy (non-hydrogen) atoms. The maximum atomic E-state index is 12.6. The first-order chi connectivity index (χ1) is 11.4. The number of benzene rings is 1. The number of sulfonamides is 1. The van der Waals surface area contributed by atoms with Gasteiger partial charge < -0.3 is 10.0 Å². The van der Waals surface area contributed by atoms with Crippen LogP contribution in [0, 0.1) is 0 Å². The molecule has 0 saturated carbocycles. The van der Waals surface area contributed by atoms with E-state index in [1.165, 1.54) is 33.5 Å². The Hall–Kier alpha value is -1.93. The largest absolute Gasteiger partial charge is 0.480 e. The highest BCUT2D eigenvalue weighted by Crippen LogP contribution is 2.21. The second-order valence-corrected chi connectivity index (χ2v) is 7.64. The second-order valence-electron chi connectivity index (χ2n) is 5.70. The van der Waals surface area contributed by atoms with Gasteiger partial charge in [-0.2, -0.15) is 4.31 Å². The van der Waals surface area contributed by atoms with Crippen LogP contribution in [0.5, 0.6) is 0 Å². The first kappa shape index (κ1) is 18.4. The van der Waals surface area contributed by atoms with Gasteiger partial charge in [0.1, 0.15) is 6.54 Å². The number of rotatable bonds is 6. The lowest BCUT2D eigenvalue weighted by Crippen LogP contribution is -2.36. The molecule has 0 aromatic heterocycles. The van der Waals surface area contributed by atoms with E-state index in [2.05, 4.69) is 0 Å². The summed E-state index contributed by atoms with van der Waals surface area (Å²) in [6.07, 6.45) is 2.75. The standard InChI is InChI=1S/C16H22N2O5S/c1-2-17(12-15(19)20)16(21)13-6-8-14(9-7-13)24(22,23)18-10-4-3-5-11-18/h6-9H,2-5,10-12H2,1H3,(H,19,20). The Morgan fingerprint density at radius 3 is 2.21 bits per heavy atom. The molecule has 132 valence electrons. The second kappa shape index (κ2) is 7.76. The minimum Gasteiger partial charge on any atom is -0.480 e. The van der Waals surface area contributed by atoms with Gasteiger partial charge >= 0.3 is 5.97 Å². The van der Waals surface area contributed by atoms with Crippen LogP contribution >= 0.6 is 0 Å². The number of hydrogen-bond donors (Lipinski definition) is 1. The molecule has 8 heteroatoms. The van der Waals surface area contributed by atoms with Gasteiger partial charge in [0.25, 0.3) is 5.91 Å². The highest BCUT2D eigenvalue weighted by Gasteiger charge is 2.26. The molecule has 0 aliphatic carbocycles. The zero-order valence-corrected chi connectivity index (χ0v) is 14.5. The minimum absolute atomic E-state index is 0.155. The van der Waals surface area contributed by atoms with Crippen molar-refractivity contribution in [3.63, 3.8) is 0 Å². The number of carbonyl (C=O) groups excluding carboxylic acids is 1. The Balaban J connectivity index is 2.17. The zero-order valence-electron chi connectivity index (χ0n) is 13.6. The molecule has 1 aliphatic rings. The lowest BCUT2D eigenvalue weighted by molar-refractivity contribution is -0.137. The number of piperidine rings is 1. The average Bonchev–Trinajstić information content (AvgIpc) is 2.59. The lowest BCUT2D eigenvalue weighted by Gasteiger charge is -2.26. The van der Waals surface area contributed by atoms with Gasteiger partial charge in [0.2, 0.25) is 10.0 Å². The number of hydrogen-bond acceptors (Lipinski definition) is 4. The molecule has 1 N–H and O–H groups in total. The quantitative estimate of drug-likeness (QED) is 0.833. The van der Waals surface area contributed by atoms with Crippen molar-refractivity contribution in [1.82, 2.24) is 9.21 Å². The van der Waals surface area contributed by atoms with Gasteiger partial charge in [-0.15, -0.1) is 0 Å². The number of aliphatic carboxylic acids is 1. The first-order valence-corrected chi connectivity index (χ1v) is 9.41. The van der Waals surface area contributed by atoms with Crippen LogP contribution in [0.3, 0.4) is 0 Å². The molecule has 0 spiro atoms. The molecule has 1 fully saturated rings. The molecule has 0 unspecified atom stereocenters. The Bertz CT molecular complexity index is 694. The number of amides is 1. The van der Waals surface area contributed by atoms with Crippen LogP contribution in [0.25, 0.3) is 0 Å². The maximum Gasteiger partial charge on any atom is 0.323 e. The molecule has 1 saturated heterocycles. The van der Waals surface area contributed by atoms with Crippen LogP contribution in [-0.2, 0) is 14.8 Å². The van der Waals surface area contributed by atoms with Gasteiger partial charge in [0.15, 0.2) is 0 Å². The van der Waals surface area contributed by atoms with Gasteiger partial charge in [0, 0.05) is 25.2 Å². The van der Waals surface area contributed by atoms with E-state index in [-0.39, 0.29) is 23.5 Å². The molecule has 1 heterocycles.